The van der Waals surface area contributed by atoms with Crippen molar-refractivity contribution in [1.29, 1.82) is 0 Å². The van der Waals surface area contributed by atoms with Crippen molar-refractivity contribution >= 4 is 29.6 Å². The zero-order valence-electron chi connectivity index (χ0n) is 35.5. The topological polar surface area (TPSA) is 241 Å². The first-order chi connectivity index (χ1) is 29.3. The molecule has 4 atom stereocenters. The normalized spacial score (nSPS) is 17.0. The van der Waals surface area contributed by atoms with Crippen molar-refractivity contribution < 1.29 is 42.9 Å². The molecule has 4 bridgehead atoms. The summed E-state index contributed by atoms with van der Waals surface area (Å²) in [5, 5.41) is 17.9. The van der Waals surface area contributed by atoms with Gasteiger partial charge in [0.15, 0.2) is 0 Å². The molecule has 61 heavy (non-hydrogen) atoms. The van der Waals surface area contributed by atoms with Gasteiger partial charge < -0.3 is 52.6 Å². The molecule has 1 aliphatic heterocycles. The number of hydrogen-bond donors (Lipinski definition) is 7. The van der Waals surface area contributed by atoms with E-state index in [2.05, 4.69) is 22.9 Å². The molecule has 332 valence electrons. The van der Waals surface area contributed by atoms with Crippen LogP contribution in [0.5, 0.6) is 11.5 Å². The van der Waals surface area contributed by atoms with Crippen molar-refractivity contribution in [3.05, 3.63) is 82.7 Å². The van der Waals surface area contributed by atoms with Crippen LogP contribution >= 0.6 is 0 Å². The summed E-state index contributed by atoms with van der Waals surface area (Å²) in [5.74, 6) is -4.34. The lowest BCUT2D eigenvalue weighted by Crippen LogP contribution is -2.54. The summed E-state index contributed by atoms with van der Waals surface area (Å²) in [5.41, 5.74) is 19.7. The van der Waals surface area contributed by atoms with Crippen LogP contribution in [0.25, 0.3) is 11.1 Å². The third-order valence-corrected chi connectivity index (χ3v) is 10.6. The minimum absolute atomic E-state index is 0.0681. The van der Waals surface area contributed by atoms with Crippen molar-refractivity contribution in [2.75, 3.05) is 39.9 Å². The van der Waals surface area contributed by atoms with Gasteiger partial charge in [-0.25, -0.2) is 9.18 Å². The number of nitrogens with one attached hydrogen (secondary N) is 3. The standard InChI is InChI=1S/C45H62FN7O8/c1-4-5-6-7-8-9-11-29-13-16-32(35(46)25-29)42(55)51-36(12-10-19-47)44(57)53(3)40-31-15-18-39(61-23-21-49)34(27-31)33-24-30(14-17-38(33)60-22-20-48)26-37(45(58)59)52-41(54)28(2)50-43(40)56/h13-18,24-25,27-28,36-37,40H,4-12,19-23,26,47-49H2,1-3H3,(H,50,56)(H,51,55)(H,52,54)(H,58,59). The largest absolute Gasteiger partial charge is 0.492 e. The number of likely N-dealkylation sites (N-methyl/N-ethyl adjacent to an activating group) is 1. The van der Waals surface area contributed by atoms with Crippen LogP contribution in [0.15, 0.2) is 54.6 Å². The van der Waals surface area contributed by atoms with E-state index in [1.54, 1.807) is 42.5 Å². The first-order valence-electron chi connectivity index (χ1n) is 21.2. The number of nitrogens with two attached hydrogens (primary N) is 3. The number of amides is 4. The zero-order valence-corrected chi connectivity index (χ0v) is 35.5. The fourth-order valence-corrected chi connectivity index (χ4v) is 7.27. The predicted octanol–water partition coefficient (Wildman–Crippen LogP) is 3.74. The van der Waals surface area contributed by atoms with E-state index >= 15 is 4.39 Å². The summed E-state index contributed by atoms with van der Waals surface area (Å²) < 4.78 is 27.5. The molecular formula is C45H62FN7O8. The Balaban J connectivity index is 1.76. The number of unbranched alkanes of at least 4 members (excludes halogenated alkanes) is 5. The Labute approximate surface area is 357 Å². The number of benzene rings is 3. The van der Waals surface area contributed by atoms with Crippen molar-refractivity contribution in [3.8, 4) is 22.6 Å². The smallest absolute Gasteiger partial charge is 0.326 e. The average Bonchev–Trinajstić information content (AvgIpc) is 3.24. The highest BCUT2D eigenvalue weighted by Crippen LogP contribution is 2.40. The summed E-state index contributed by atoms with van der Waals surface area (Å²) in [6.07, 6.45) is 7.49. The van der Waals surface area contributed by atoms with Crippen LogP contribution in [0.4, 0.5) is 4.39 Å². The Morgan fingerprint density at radius 3 is 2.15 bits per heavy atom. The molecule has 0 spiro atoms. The quantitative estimate of drug-likeness (QED) is 0.0762. The molecule has 0 radical (unpaired) electrons. The number of ether oxygens (including phenoxy) is 2. The van der Waals surface area contributed by atoms with Gasteiger partial charge in [0.25, 0.3) is 5.91 Å². The van der Waals surface area contributed by atoms with Crippen molar-refractivity contribution in [1.82, 2.24) is 20.9 Å². The van der Waals surface area contributed by atoms with Gasteiger partial charge in [0.05, 0.1) is 5.56 Å². The fourth-order valence-electron chi connectivity index (χ4n) is 7.27. The number of fused-ring (bicyclic) bond motifs is 5. The maximum atomic E-state index is 15.5. The molecule has 1 aliphatic rings. The van der Waals surface area contributed by atoms with E-state index in [1.807, 2.05) is 0 Å². The minimum atomic E-state index is -1.42. The fraction of sp³-hybridized carbons (Fsp3) is 0.489. The van der Waals surface area contributed by atoms with Crippen LogP contribution in [-0.4, -0.2) is 97.6 Å². The van der Waals surface area contributed by atoms with E-state index < -0.39 is 59.6 Å². The molecule has 10 N–H and O–H groups in total. The van der Waals surface area contributed by atoms with Gasteiger partial charge in [-0.05, 0) is 92.2 Å². The van der Waals surface area contributed by atoms with Crippen molar-refractivity contribution in [3.63, 3.8) is 0 Å². The molecular weight excluding hydrogens is 786 g/mol. The van der Waals surface area contributed by atoms with Gasteiger partial charge in [-0.15, -0.1) is 0 Å². The molecule has 4 rings (SSSR count). The number of carboxylic acid groups (broad SMARTS) is 1. The van der Waals surface area contributed by atoms with Crippen molar-refractivity contribution in [2.45, 2.75) is 102 Å². The van der Waals surface area contributed by atoms with Crippen LogP contribution in [0.1, 0.15) is 98.3 Å². The Bertz CT molecular complexity index is 1980. The number of aryl methyl sites for hydroxylation is 1. The number of rotatable bonds is 21. The van der Waals surface area contributed by atoms with E-state index in [9.17, 15) is 29.1 Å². The molecule has 4 amide bonds. The molecule has 3 aromatic rings. The Hall–Kier alpha value is -5.58. The molecule has 3 aromatic carbocycles. The number of carboxylic acids is 1. The maximum absolute atomic E-state index is 15.5. The number of hydrogen-bond acceptors (Lipinski definition) is 10. The number of carbonyl (C=O) groups is 5. The highest BCUT2D eigenvalue weighted by Gasteiger charge is 2.36. The third kappa shape index (κ3) is 13.5. The lowest BCUT2D eigenvalue weighted by molar-refractivity contribution is -0.143. The second-order valence-corrected chi connectivity index (χ2v) is 15.3. The summed E-state index contributed by atoms with van der Waals surface area (Å²) >= 11 is 0. The first kappa shape index (κ1) is 48.1. The molecule has 4 unspecified atom stereocenters. The van der Waals surface area contributed by atoms with Gasteiger partial charge in [0.2, 0.25) is 17.7 Å². The number of halogens is 1. The predicted molar refractivity (Wildman–Crippen MR) is 230 cm³/mol. The van der Waals surface area contributed by atoms with Crippen molar-refractivity contribution in [2.24, 2.45) is 17.2 Å². The summed E-state index contributed by atoms with van der Waals surface area (Å²) in [6.45, 7) is 4.38. The molecule has 0 fully saturated rings. The van der Waals surface area contributed by atoms with E-state index in [0.717, 1.165) is 42.6 Å². The third-order valence-electron chi connectivity index (χ3n) is 10.6. The van der Waals surface area contributed by atoms with Crippen LogP contribution in [0.2, 0.25) is 0 Å². The molecule has 16 heteroatoms. The molecule has 0 saturated carbocycles. The average molecular weight is 848 g/mol. The first-order valence-corrected chi connectivity index (χ1v) is 21.2. The van der Waals surface area contributed by atoms with Gasteiger partial charge in [-0.2, -0.15) is 0 Å². The van der Waals surface area contributed by atoms with E-state index in [-0.39, 0.29) is 51.3 Å². The number of nitrogens with zero attached hydrogens (tertiary/aromatic N) is 1. The van der Waals surface area contributed by atoms with Gasteiger partial charge in [0.1, 0.15) is 54.7 Å². The molecule has 1 heterocycles. The molecule has 15 nitrogen and oxygen atoms in total. The van der Waals surface area contributed by atoms with Gasteiger partial charge in [-0.3, -0.25) is 19.2 Å². The Morgan fingerprint density at radius 1 is 0.852 bits per heavy atom. The van der Waals surface area contributed by atoms with E-state index in [4.69, 9.17) is 26.7 Å². The second-order valence-electron chi connectivity index (χ2n) is 15.3. The zero-order chi connectivity index (χ0) is 44.5. The monoisotopic (exact) mass is 847 g/mol. The Kier molecular flexibility index (Phi) is 18.9. The van der Waals surface area contributed by atoms with E-state index in [0.29, 0.717) is 46.6 Å². The molecule has 0 aliphatic carbocycles. The second kappa shape index (κ2) is 24.0. The number of carbonyl (C=O) groups excluding carboxylic acids is 4. The van der Waals surface area contributed by atoms with Gasteiger partial charge >= 0.3 is 5.97 Å². The highest BCUT2D eigenvalue weighted by atomic mass is 19.1. The Morgan fingerprint density at radius 2 is 1.51 bits per heavy atom. The SMILES string of the molecule is CCCCCCCCc1ccc(C(=O)NC(CCCN)C(=O)N(C)C2C(=O)NC(C)C(=O)NC(C(=O)O)Cc3ccc(OCCN)c(c3)-c3cc2ccc3OCCN)c(F)c1. The highest BCUT2D eigenvalue weighted by molar-refractivity contribution is 5.99. The molecule has 0 saturated heterocycles. The lowest BCUT2D eigenvalue weighted by Gasteiger charge is -2.32. The van der Waals surface area contributed by atoms with Crippen LogP contribution in [-0.2, 0) is 32.0 Å². The summed E-state index contributed by atoms with van der Waals surface area (Å²) in [6, 6.07) is 9.12. The molecule has 0 aromatic heterocycles. The minimum Gasteiger partial charge on any atom is -0.492 e. The number of aliphatic carboxylic acids is 1. The van der Waals surface area contributed by atoms with Gasteiger partial charge in [-0.1, -0.05) is 57.2 Å². The van der Waals surface area contributed by atoms with Crippen LogP contribution in [0, 0.1) is 5.82 Å². The van der Waals surface area contributed by atoms with Gasteiger partial charge in [0, 0.05) is 37.7 Å². The lowest BCUT2D eigenvalue weighted by atomic mass is 9.93. The van der Waals surface area contributed by atoms with E-state index in [1.165, 1.54) is 32.5 Å². The van der Waals surface area contributed by atoms with Crippen LogP contribution < -0.4 is 42.6 Å². The summed E-state index contributed by atoms with van der Waals surface area (Å²) in [4.78, 5) is 69.5. The van der Waals surface area contributed by atoms with Crippen LogP contribution in [0.3, 0.4) is 0 Å². The maximum Gasteiger partial charge on any atom is 0.326 e. The summed E-state index contributed by atoms with van der Waals surface area (Å²) in [7, 11) is 1.38.